The van der Waals surface area contributed by atoms with Gasteiger partial charge in [-0.3, -0.25) is 14.8 Å². The van der Waals surface area contributed by atoms with E-state index in [1.807, 2.05) is 30.5 Å². The molecule has 2 N–H and O–H groups in total. The van der Waals surface area contributed by atoms with Crippen LogP contribution in [0.2, 0.25) is 0 Å². The maximum atomic E-state index is 13.8. The number of hydrogen-bond donors (Lipinski definition) is 2. The Bertz CT molecular complexity index is 1270. The third-order valence-electron chi connectivity index (χ3n) is 7.06. The second-order valence-electron chi connectivity index (χ2n) is 12.4. The van der Waals surface area contributed by atoms with Gasteiger partial charge in [-0.15, -0.1) is 0 Å². The first-order valence-corrected chi connectivity index (χ1v) is 14.6. The highest BCUT2D eigenvalue weighted by molar-refractivity contribution is 5.79. The molecule has 8 heteroatoms. The summed E-state index contributed by atoms with van der Waals surface area (Å²) in [5, 5.41) is 15.4. The predicted molar refractivity (Wildman–Crippen MR) is 168 cm³/mol. The molecule has 0 aliphatic carbocycles. The van der Waals surface area contributed by atoms with Crippen LogP contribution in [0.5, 0.6) is 5.75 Å². The molecule has 1 aromatic carbocycles. The molecular weight excluding hydrogens is 533 g/mol. The monoisotopic (exact) mass is 581 g/mol. The number of anilines is 1. The van der Waals surface area contributed by atoms with E-state index < -0.39 is 5.60 Å². The Morgan fingerprint density at radius 3 is 2.21 bits per heavy atom. The van der Waals surface area contributed by atoms with Gasteiger partial charge in [0, 0.05) is 37.0 Å². The third-order valence-corrected chi connectivity index (χ3v) is 7.06. The van der Waals surface area contributed by atoms with Gasteiger partial charge in [-0.25, -0.2) is 4.39 Å². The van der Waals surface area contributed by atoms with Gasteiger partial charge in [0.05, 0.1) is 29.8 Å². The Morgan fingerprint density at radius 1 is 1.07 bits per heavy atom. The molecule has 0 spiro atoms. The number of benzene rings is 1. The van der Waals surface area contributed by atoms with Crippen LogP contribution in [0.4, 0.5) is 10.1 Å². The second kappa shape index (κ2) is 15.6. The van der Waals surface area contributed by atoms with Crippen LogP contribution in [0.3, 0.4) is 0 Å². The van der Waals surface area contributed by atoms with Crippen LogP contribution in [0.15, 0.2) is 42.7 Å². The molecule has 0 atom stereocenters. The molecule has 3 aromatic rings. The fourth-order valence-electron chi connectivity index (χ4n) is 4.65. The minimum Gasteiger partial charge on any atom is -0.492 e. The molecule has 3 heterocycles. The van der Waals surface area contributed by atoms with Crippen molar-refractivity contribution in [2.45, 2.75) is 86.7 Å². The van der Waals surface area contributed by atoms with Gasteiger partial charge >= 0.3 is 0 Å². The molecule has 42 heavy (non-hydrogen) atoms. The zero-order valence-electron chi connectivity index (χ0n) is 26.5. The number of piperidine rings is 1. The topological polar surface area (TPSA) is 95.8 Å². The van der Waals surface area contributed by atoms with Crippen molar-refractivity contribution in [3.63, 3.8) is 0 Å². The summed E-state index contributed by atoms with van der Waals surface area (Å²) < 4.78 is 19.7. The van der Waals surface area contributed by atoms with Crippen molar-refractivity contribution in [3.8, 4) is 17.0 Å². The van der Waals surface area contributed by atoms with E-state index in [0.717, 1.165) is 42.0 Å². The minimum atomic E-state index is -0.500. The summed E-state index contributed by atoms with van der Waals surface area (Å²) in [7, 11) is 0. The van der Waals surface area contributed by atoms with E-state index in [9.17, 15) is 4.39 Å². The van der Waals surface area contributed by atoms with Crippen LogP contribution in [-0.2, 0) is 17.6 Å². The van der Waals surface area contributed by atoms with Crippen molar-refractivity contribution in [1.29, 1.82) is 0 Å². The Kier molecular flexibility index (Phi) is 12.9. The van der Waals surface area contributed by atoms with E-state index in [0.29, 0.717) is 29.8 Å². The SMILES string of the molecule is CC(C)(C)O.CCc1c(C)ncc(-c2ccc(OCCc3ccc(C)c(F)c3)cn2)c1N1CCC(C)(C)CC1.O=CO. The molecule has 0 saturated carbocycles. The summed E-state index contributed by atoms with van der Waals surface area (Å²) in [5.41, 5.74) is 7.18. The first-order valence-electron chi connectivity index (χ1n) is 14.6. The molecule has 1 fully saturated rings. The average Bonchev–Trinajstić information content (AvgIpc) is 2.91. The molecule has 7 nitrogen and oxygen atoms in total. The number of carboxylic acid groups (broad SMARTS) is 1. The first kappa shape index (κ1) is 34.7. The summed E-state index contributed by atoms with van der Waals surface area (Å²) in [6.45, 7) is 18.4. The van der Waals surface area contributed by atoms with Crippen molar-refractivity contribution in [2.24, 2.45) is 5.41 Å². The minimum absolute atomic E-state index is 0.172. The number of pyridine rings is 2. The van der Waals surface area contributed by atoms with Crippen LogP contribution < -0.4 is 9.64 Å². The molecule has 2 aromatic heterocycles. The summed E-state index contributed by atoms with van der Waals surface area (Å²) in [5.74, 6) is 0.545. The van der Waals surface area contributed by atoms with Crippen LogP contribution in [0.25, 0.3) is 11.3 Å². The lowest BCUT2D eigenvalue weighted by atomic mass is 9.82. The number of aryl methyl sites for hydroxylation is 2. The lowest BCUT2D eigenvalue weighted by molar-refractivity contribution is -0.122. The van der Waals surface area contributed by atoms with Gasteiger partial charge in [-0.05, 0) is 94.2 Å². The number of ether oxygens (including phenoxy) is 1. The van der Waals surface area contributed by atoms with Gasteiger partial charge < -0.3 is 19.8 Å². The average molecular weight is 582 g/mol. The normalized spacial score (nSPS) is 14.2. The van der Waals surface area contributed by atoms with E-state index in [1.54, 1.807) is 40.0 Å². The Morgan fingerprint density at radius 2 is 1.69 bits per heavy atom. The Hall–Kier alpha value is -3.52. The van der Waals surface area contributed by atoms with E-state index in [4.69, 9.17) is 29.7 Å². The van der Waals surface area contributed by atoms with Crippen molar-refractivity contribution < 1.29 is 24.1 Å². The van der Waals surface area contributed by atoms with E-state index in [-0.39, 0.29) is 12.3 Å². The molecule has 0 amide bonds. The van der Waals surface area contributed by atoms with Crippen LogP contribution in [-0.4, -0.2) is 52.0 Å². The molecule has 0 bridgehead atoms. The molecular formula is C34H48FN3O4. The van der Waals surface area contributed by atoms with Crippen molar-refractivity contribution in [2.75, 3.05) is 24.6 Å². The fraction of sp³-hybridized carbons (Fsp3) is 0.500. The molecule has 0 unspecified atom stereocenters. The largest absolute Gasteiger partial charge is 0.492 e. The number of nitrogens with zero attached hydrogens (tertiary/aromatic N) is 3. The molecule has 0 radical (unpaired) electrons. The third kappa shape index (κ3) is 11.0. The number of hydrogen-bond acceptors (Lipinski definition) is 6. The van der Waals surface area contributed by atoms with E-state index in [1.165, 1.54) is 24.1 Å². The molecule has 1 aliphatic heterocycles. The smallest absolute Gasteiger partial charge is 0.290 e. The zero-order chi connectivity index (χ0) is 31.5. The molecule has 1 aliphatic rings. The van der Waals surface area contributed by atoms with Gasteiger partial charge in [0.15, 0.2) is 0 Å². The highest BCUT2D eigenvalue weighted by atomic mass is 19.1. The van der Waals surface area contributed by atoms with Crippen LogP contribution in [0.1, 0.15) is 76.8 Å². The highest BCUT2D eigenvalue weighted by Gasteiger charge is 2.28. The molecule has 1 saturated heterocycles. The van der Waals surface area contributed by atoms with Gasteiger partial charge in [0.1, 0.15) is 11.6 Å². The lowest BCUT2D eigenvalue weighted by Gasteiger charge is -2.40. The Labute approximate surface area is 250 Å². The van der Waals surface area contributed by atoms with Crippen molar-refractivity contribution in [1.82, 2.24) is 9.97 Å². The summed E-state index contributed by atoms with van der Waals surface area (Å²) in [6.07, 6.45) is 7.71. The maximum absolute atomic E-state index is 13.8. The summed E-state index contributed by atoms with van der Waals surface area (Å²) in [6, 6.07) is 9.32. The number of halogens is 1. The Balaban J connectivity index is 0.000000686. The van der Waals surface area contributed by atoms with Crippen LogP contribution in [0, 0.1) is 25.1 Å². The summed E-state index contributed by atoms with van der Waals surface area (Å²) >= 11 is 0. The first-order chi connectivity index (χ1) is 19.7. The molecule has 4 rings (SSSR count). The van der Waals surface area contributed by atoms with E-state index in [2.05, 4.69) is 32.6 Å². The quantitative estimate of drug-likeness (QED) is 0.285. The van der Waals surface area contributed by atoms with Crippen molar-refractivity contribution >= 4 is 12.2 Å². The number of rotatable bonds is 7. The molecule has 230 valence electrons. The summed E-state index contributed by atoms with van der Waals surface area (Å²) in [4.78, 5) is 20.3. The standard InChI is InChI=1S/C29H36FN3O.C4H10O.CH2O2/c1-6-24-21(3)31-19-25(28(24)33-14-12-29(4,5)13-15-33)27-10-9-23(18-32-27)34-16-11-22-8-7-20(2)26(30)17-22;1-4(2,3)5;2-1-3/h7-10,17-19H,6,11-16H2,1-5H3;5H,1-3H3;1H,(H,2,3). The zero-order valence-corrected chi connectivity index (χ0v) is 26.5. The van der Waals surface area contributed by atoms with Gasteiger partial charge in [0.2, 0.25) is 0 Å². The maximum Gasteiger partial charge on any atom is 0.290 e. The predicted octanol–water partition coefficient (Wildman–Crippen LogP) is 7.19. The number of aromatic nitrogens is 2. The van der Waals surface area contributed by atoms with Crippen LogP contribution >= 0.6 is 0 Å². The number of aliphatic hydroxyl groups is 1. The van der Waals surface area contributed by atoms with Crippen molar-refractivity contribution in [3.05, 3.63) is 70.9 Å². The number of carbonyl (C=O) groups is 1. The van der Waals surface area contributed by atoms with Gasteiger partial charge in [-0.1, -0.05) is 32.9 Å². The lowest BCUT2D eigenvalue weighted by Crippen LogP contribution is -2.38. The van der Waals surface area contributed by atoms with E-state index >= 15 is 0 Å². The fourth-order valence-corrected chi connectivity index (χ4v) is 4.65. The highest BCUT2D eigenvalue weighted by Crippen LogP contribution is 2.39. The van der Waals surface area contributed by atoms with Gasteiger partial charge in [0.25, 0.3) is 6.47 Å². The van der Waals surface area contributed by atoms with Gasteiger partial charge in [-0.2, -0.15) is 0 Å². The second-order valence-corrected chi connectivity index (χ2v) is 12.4.